The summed E-state index contributed by atoms with van der Waals surface area (Å²) in [6.45, 7) is 0. The molecule has 1 fully saturated rings. The molecule has 0 N–H and O–H groups in total. The van der Waals surface area contributed by atoms with Gasteiger partial charge in [-0.2, -0.15) is 0 Å². The first-order valence-corrected chi connectivity index (χ1v) is 6.53. The molecule has 4 nitrogen and oxygen atoms in total. The molecular formula is C10H15N3OS. The lowest BCUT2D eigenvalue weighted by Gasteiger charge is -2.24. The van der Waals surface area contributed by atoms with E-state index in [1.807, 2.05) is 10.8 Å². The van der Waals surface area contributed by atoms with Crippen LogP contribution in [0.3, 0.4) is 0 Å². The lowest BCUT2D eigenvalue weighted by atomic mass is 9.95. The summed E-state index contributed by atoms with van der Waals surface area (Å²) < 4.78 is 2.01. The zero-order valence-electron chi connectivity index (χ0n) is 8.85. The molecule has 0 bridgehead atoms. The molecule has 5 heteroatoms. The van der Waals surface area contributed by atoms with Gasteiger partial charge in [-0.3, -0.25) is 9.36 Å². The van der Waals surface area contributed by atoms with Gasteiger partial charge in [0.05, 0.1) is 0 Å². The number of thioether (sulfide) groups is 1. The van der Waals surface area contributed by atoms with Gasteiger partial charge in [-0.1, -0.05) is 31.0 Å². The lowest BCUT2D eigenvalue weighted by Crippen LogP contribution is -2.16. The number of hydrogen-bond donors (Lipinski definition) is 0. The van der Waals surface area contributed by atoms with Crippen molar-refractivity contribution in [2.75, 3.05) is 6.26 Å². The van der Waals surface area contributed by atoms with Crippen LogP contribution in [0.5, 0.6) is 0 Å². The maximum absolute atomic E-state index is 10.9. The molecule has 1 aromatic rings. The SMILES string of the molecule is CSc1nnc(C=O)n1C1CCCCC1. The predicted octanol–water partition coefficient (Wildman–Crippen LogP) is 2.32. The molecule has 1 aromatic heterocycles. The molecule has 0 aromatic carbocycles. The molecule has 0 radical (unpaired) electrons. The average Bonchev–Trinajstić information content (AvgIpc) is 2.72. The van der Waals surface area contributed by atoms with E-state index in [9.17, 15) is 4.79 Å². The average molecular weight is 225 g/mol. The molecule has 1 heterocycles. The molecule has 1 aliphatic rings. The summed E-state index contributed by atoms with van der Waals surface area (Å²) in [5.41, 5.74) is 0. The molecule has 0 saturated heterocycles. The second-order valence-electron chi connectivity index (χ2n) is 3.82. The molecule has 0 aliphatic heterocycles. The maximum Gasteiger partial charge on any atom is 0.197 e. The van der Waals surface area contributed by atoms with E-state index in [0.29, 0.717) is 11.9 Å². The molecule has 15 heavy (non-hydrogen) atoms. The molecule has 0 spiro atoms. The van der Waals surface area contributed by atoms with Crippen LogP contribution in [0.2, 0.25) is 0 Å². The van der Waals surface area contributed by atoms with Crippen molar-refractivity contribution in [1.82, 2.24) is 14.8 Å². The summed E-state index contributed by atoms with van der Waals surface area (Å²) in [7, 11) is 0. The summed E-state index contributed by atoms with van der Waals surface area (Å²) in [5, 5.41) is 8.79. The predicted molar refractivity (Wildman–Crippen MR) is 59.3 cm³/mol. The first kappa shape index (κ1) is 10.7. The second-order valence-corrected chi connectivity index (χ2v) is 4.60. The van der Waals surface area contributed by atoms with Gasteiger partial charge in [0.25, 0.3) is 0 Å². The number of rotatable bonds is 3. The Balaban J connectivity index is 2.30. The molecular weight excluding hydrogens is 210 g/mol. The number of nitrogens with zero attached hydrogens (tertiary/aromatic N) is 3. The quantitative estimate of drug-likeness (QED) is 0.585. The van der Waals surface area contributed by atoms with Crippen molar-refractivity contribution in [3.8, 4) is 0 Å². The van der Waals surface area contributed by atoms with Gasteiger partial charge in [0.1, 0.15) is 0 Å². The van der Waals surface area contributed by atoms with E-state index in [0.717, 1.165) is 24.3 Å². The fourth-order valence-corrected chi connectivity index (χ4v) is 2.75. The Kier molecular flexibility index (Phi) is 3.41. The monoisotopic (exact) mass is 225 g/mol. The van der Waals surface area contributed by atoms with Crippen molar-refractivity contribution in [3.05, 3.63) is 5.82 Å². The highest BCUT2D eigenvalue weighted by Crippen LogP contribution is 2.31. The fraction of sp³-hybridized carbons (Fsp3) is 0.700. The number of carbonyl (C=O) groups is 1. The third-order valence-corrected chi connectivity index (χ3v) is 3.56. The Labute approximate surface area is 93.5 Å². The summed E-state index contributed by atoms with van der Waals surface area (Å²) >= 11 is 1.56. The molecule has 2 rings (SSSR count). The van der Waals surface area contributed by atoms with Crippen molar-refractivity contribution < 1.29 is 4.79 Å². The van der Waals surface area contributed by atoms with Gasteiger partial charge >= 0.3 is 0 Å². The van der Waals surface area contributed by atoms with Gasteiger partial charge in [-0.15, -0.1) is 10.2 Å². The maximum atomic E-state index is 10.9. The highest BCUT2D eigenvalue weighted by atomic mass is 32.2. The minimum atomic E-state index is 0.427. The molecule has 0 amide bonds. The van der Waals surface area contributed by atoms with Crippen LogP contribution in [0.15, 0.2) is 5.16 Å². The van der Waals surface area contributed by atoms with Crippen LogP contribution in [0.4, 0.5) is 0 Å². The summed E-state index contributed by atoms with van der Waals surface area (Å²) in [6.07, 6.45) is 8.87. The number of aromatic nitrogens is 3. The van der Waals surface area contributed by atoms with Crippen molar-refractivity contribution in [2.45, 2.75) is 43.3 Å². The molecule has 1 saturated carbocycles. The normalized spacial score (nSPS) is 17.9. The van der Waals surface area contributed by atoms with Crippen LogP contribution in [0, 0.1) is 0 Å². The van der Waals surface area contributed by atoms with Crippen molar-refractivity contribution >= 4 is 18.0 Å². The minimum Gasteiger partial charge on any atom is -0.297 e. The Morgan fingerprint density at radius 3 is 2.67 bits per heavy atom. The highest BCUT2D eigenvalue weighted by molar-refractivity contribution is 7.98. The summed E-state index contributed by atoms with van der Waals surface area (Å²) in [6, 6.07) is 0.427. The third-order valence-electron chi connectivity index (χ3n) is 2.92. The first-order chi connectivity index (χ1) is 7.36. The van der Waals surface area contributed by atoms with Crippen LogP contribution in [0.1, 0.15) is 48.8 Å². The molecule has 1 aliphatic carbocycles. The van der Waals surface area contributed by atoms with Crippen LogP contribution in [-0.4, -0.2) is 27.3 Å². The van der Waals surface area contributed by atoms with Crippen LogP contribution in [0.25, 0.3) is 0 Å². The van der Waals surface area contributed by atoms with E-state index in [2.05, 4.69) is 10.2 Å². The largest absolute Gasteiger partial charge is 0.297 e. The van der Waals surface area contributed by atoms with Crippen LogP contribution in [-0.2, 0) is 0 Å². The van der Waals surface area contributed by atoms with Gasteiger partial charge in [-0.05, 0) is 19.1 Å². The number of carbonyl (C=O) groups excluding carboxylic acids is 1. The third kappa shape index (κ3) is 2.07. The summed E-state index contributed by atoms with van der Waals surface area (Å²) in [5.74, 6) is 0.478. The van der Waals surface area contributed by atoms with E-state index in [-0.39, 0.29) is 0 Å². The van der Waals surface area contributed by atoms with Gasteiger partial charge < -0.3 is 0 Å². The van der Waals surface area contributed by atoms with Crippen molar-refractivity contribution in [2.24, 2.45) is 0 Å². The van der Waals surface area contributed by atoms with E-state index in [1.54, 1.807) is 11.8 Å². The Morgan fingerprint density at radius 2 is 2.07 bits per heavy atom. The molecule has 82 valence electrons. The topological polar surface area (TPSA) is 47.8 Å². The summed E-state index contributed by atoms with van der Waals surface area (Å²) in [4.78, 5) is 10.9. The molecule has 0 unspecified atom stereocenters. The fourth-order valence-electron chi connectivity index (χ4n) is 2.19. The smallest absolute Gasteiger partial charge is 0.197 e. The van der Waals surface area contributed by atoms with E-state index < -0.39 is 0 Å². The zero-order valence-corrected chi connectivity index (χ0v) is 9.66. The van der Waals surface area contributed by atoms with Crippen molar-refractivity contribution in [1.29, 1.82) is 0 Å². The standard InChI is InChI=1S/C10H15N3OS/c1-15-10-12-11-9(7-14)13(10)8-5-3-2-4-6-8/h7-8H,2-6H2,1H3. The van der Waals surface area contributed by atoms with Crippen LogP contribution >= 0.6 is 11.8 Å². The Hall–Kier alpha value is -0.840. The van der Waals surface area contributed by atoms with Crippen LogP contribution < -0.4 is 0 Å². The first-order valence-electron chi connectivity index (χ1n) is 5.31. The number of aldehydes is 1. The second kappa shape index (κ2) is 4.79. The van der Waals surface area contributed by atoms with E-state index in [4.69, 9.17) is 0 Å². The molecule has 0 atom stereocenters. The zero-order chi connectivity index (χ0) is 10.7. The Bertz CT molecular complexity index is 344. The van der Waals surface area contributed by atoms with E-state index >= 15 is 0 Å². The minimum absolute atomic E-state index is 0.427. The van der Waals surface area contributed by atoms with Crippen molar-refractivity contribution in [3.63, 3.8) is 0 Å². The van der Waals surface area contributed by atoms with Gasteiger partial charge in [0.2, 0.25) is 0 Å². The van der Waals surface area contributed by atoms with E-state index in [1.165, 1.54) is 19.3 Å². The highest BCUT2D eigenvalue weighted by Gasteiger charge is 2.21. The van der Waals surface area contributed by atoms with Gasteiger partial charge in [0.15, 0.2) is 17.3 Å². The lowest BCUT2D eigenvalue weighted by molar-refractivity contribution is 0.110. The van der Waals surface area contributed by atoms with Gasteiger partial charge in [-0.25, -0.2) is 0 Å². The van der Waals surface area contributed by atoms with Gasteiger partial charge in [0, 0.05) is 6.04 Å². The Morgan fingerprint density at radius 1 is 1.33 bits per heavy atom. The number of hydrogen-bond acceptors (Lipinski definition) is 4.